The van der Waals surface area contributed by atoms with Crippen LogP contribution in [-0.4, -0.2) is 44.7 Å². The number of nitrogens with zero attached hydrogens (tertiary/aromatic N) is 2. The Morgan fingerprint density at radius 2 is 2.26 bits per heavy atom. The highest BCUT2D eigenvalue weighted by atomic mass is 32.2. The van der Waals surface area contributed by atoms with Gasteiger partial charge in [0.15, 0.2) is 0 Å². The lowest BCUT2D eigenvalue weighted by Gasteiger charge is -2.13. The number of nitrogens with one attached hydrogen (secondary N) is 1. The van der Waals surface area contributed by atoms with Crippen LogP contribution in [0.2, 0.25) is 0 Å². The minimum Gasteiger partial charge on any atom is -0.395 e. The van der Waals surface area contributed by atoms with Crippen molar-refractivity contribution in [3.63, 3.8) is 0 Å². The van der Waals surface area contributed by atoms with Gasteiger partial charge in [0, 0.05) is 18.2 Å². The van der Waals surface area contributed by atoms with Gasteiger partial charge >= 0.3 is 0 Å². The first kappa shape index (κ1) is 17.8. The van der Waals surface area contributed by atoms with Crippen LogP contribution in [0.25, 0.3) is 11.0 Å². The Balaban J connectivity index is 2.09. The summed E-state index contributed by atoms with van der Waals surface area (Å²) < 4.78 is 1.96. The van der Waals surface area contributed by atoms with Crippen molar-refractivity contribution >= 4 is 28.7 Å². The van der Waals surface area contributed by atoms with E-state index in [0.29, 0.717) is 12.1 Å². The molecule has 1 aromatic heterocycles. The van der Waals surface area contributed by atoms with Crippen LogP contribution in [0.5, 0.6) is 0 Å². The van der Waals surface area contributed by atoms with E-state index in [2.05, 4.69) is 17.2 Å². The topological polar surface area (TPSA) is 67.2 Å². The Hall–Kier alpha value is -1.53. The molecule has 1 aromatic carbocycles. The number of rotatable bonds is 8. The van der Waals surface area contributed by atoms with Crippen molar-refractivity contribution in [1.29, 1.82) is 0 Å². The molecule has 0 unspecified atom stereocenters. The fraction of sp³-hybridized carbons (Fsp3) is 0.529. The van der Waals surface area contributed by atoms with E-state index >= 15 is 0 Å². The Labute approximate surface area is 141 Å². The zero-order valence-corrected chi connectivity index (χ0v) is 14.8. The van der Waals surface area contributed by atoms with Gasteiger partial charge in [-0.2, -0.15) is 11.8 Å². The van der Waals surface area contributed by atoms with Gasteiger partial charge in [-0.1, -0.05) is 6.92 Å². The summed E-state index contributed by atoms with van der Waals surface area (Å²) in [6.45, 7) is 6.67. The maximum Gasteiger partial charge on any atom is 0.251 e. The van der Waals surface area contributed by atoms with E-state index in [1.54, 1.807) is 0 Å². The third-order valence-corrected chi connectivity index (χ3v) is 4.73. The molecule has 1 amide bonds. The molecule has 0 saturated heterocycles. The molecule has 0 aliphatic rings. The summed E-state index contributed by atoms with van der Waals surface area (Å²) in [5.74, 6) is 2.95. The van der Waals surface area contributed by atoms with Crippen molar-refractivity contribution in [2.45, 2.75) is 39.8 Å². The summed E-state index contributed by atoms with van der Waals surface area (Å²) in [5, 5.41) is 12.2. The lowest BCUT2D eigenvalue weighted by atomic mass is 10.1. The second-order valence-corrected chi connectivity index (χ2v) is 6.99. The van der Waals surface area contributed by atoms with Crippen LogP contribution in [0.1, 0.15) is 36.5 Å². The number of aromatic nitrogens is 2. The fourth-order valence-corrected chi connectivity index (χ4v) is 3.37. The molecule has 1 atom stereocenters. The van der Waals surface area contributed by atoms with Gasteiger partial charge in [-0.3, -0.25) is 4.79 Å². The first-order valence-corrected chi connectivity index (χ1v) is 9.18. The summed E-state index contributed by atoms with van der Waals surface area (Å²) in [6, 6.07) is 5.70. The van der Waals surface area contributed by atoms with E-state index in [4.69, 9.17) is 5.11 Å². The van der Waals surface area contributed by atoms with Gasteiger partial charge in [0.25, 0.3) is 5.91 Å². The van der Waals surface area contributed by atoms with E-state index < -0.39 is 0 Å². The number of aliphatic hydroxyl groups is 1. The van der Waals surface area contributed by atoms with E-state index in [9.17, 15) is 4.79 Å². The average molecular weight is 335 g/mol. The number of imidazole rings is 1. The molecule has 0 radical (unpaired) electrons. The van der Waals surface area contributed by atoms with E-state index in [-0.39, 0.29) is 18.6 Å². The van der Waals surface area contributed by atoms with Crippen molar-refractivity contribution in [3.05, 3.63) is 29.6 Å². The smallest absolute Gasteiger partial charge is 0.251 e. The number of hydrogen-bond donors (Lipinski definition) is 2. The molecular formula is C17H25N3O2S. The van der Waals surface area contributed by atoms with Crippen molar-refractivity contribution in [2.75, 3.05) is 18.1 Å². The highest BCUT2D eigenvalue weighted by Gasteiger charge is 2.13. The monoisotopic (exact) mass is 335 g/mol. The van der Waals surface area contributed by atoms with E-state index in [0.717, 1.165) is 34.8 Å². The number of fused-ring (bicyclic) bond motifs is 1. The Morgan fingerprint density at radius 1 is 1.48 bits per heavy atom. The summed E-state index contributed by atoms with van der Waals surface area (Å²) in [7, 11) is 0. The molecule has 6 heteroatoms. The molecule has 2 aromatic rings. The second-order valence-electron chi connectivity index (χ2n) is 5.60. The number of carbonyl (C=O) groups excluding carboxylic acids is 1. The number of aryl methyl sites for hydroxylation is 1. The van der Waals surface area contributed by atoms with Gasteiger partial charge in [-0.05, 0) is 50.0 Å². The molecule has 0 aliphatic heterocycles. The summed E-state index contributed by atoms with van der Waals surface area (Å²) >= 11 is 1.89. The van der Waals surface area contributed by atoms with Crippen LogP contribution in [0.3, 0.4) is 0 Å². The second kappa shape index (κ2) is 8.36. The molecule has 0 aliphatic carbocycles. The first-order valence-electron chi connectivity index (χ1n) is 8.03. The lowest BCUT2D eigenvalue weighted by Crippen LogP contribution is -2.32. The van der Waals surface area contributed by atoms with Crippen molar-refractivity contribution < 1.29 is 9.90 Å². The Bertz CT molecular complexity index is 669. The maximum absolute atomic E-state index is 12.4. The maximum atomic E-state index is 12.4. The third-order valence-electron chi connectivity index (χ3n) is 3.80. The van der Waals surface area contributed by atoms with Crippen LogP contribution in [0, 0.1) is 6.92 Å². The van der Waals surface area contributed by atoms with Gasteiger partial charge in [-0.15, -0.1) is 0 Å². The molecule has 2 rings (SSSR count). The molecule has 126 valence electrons. The molecule has 0 fully saturated rings. The highest BCUT2D eigenvalue weighted by Crippen LogP contribution is 2.18. The SMILES string of the molecule is CCSCC[C@H](C)NC(=O)c1ccc2c(c1)nc(C)n2CCO. The first-order chi connectivity index (χ1) is 11.1. The largest absolute Gasteiger partial charge is 0.395 e. The van der Waals surface area contributed by atoms with Crippen molar-refractivity contribution in [2.24, 2.45) is 0 Å². The molecule has 0 saturated carbocycles. The number of amides is 1. The number of thioether (sulfide) groups is 1. The number of aliphatic hydroxyl groups excluding tert-OH is 1. The number of benzene rings is 1. The number of carbonyl (C=O) groups is 1. The summed E-state index contributed by atoms with van der Waals surface area (Å²) in [6.07, 6.45) is 0.969. The molecule has 2 N–H and O–H groups in total. The number of hydrogen-bond acceptors (Lipinski definition) is 4. The molecular weight excluding hydrogens is 310 g/mol. The zero-order valence-electron chi connectivity index (χ0n) is 14.0. The van der Waals surface area contributed by atoms with Gasteiger partial charge in [0.05, 0.1) is 17.6 Å². The van der Waals surface area contributed by atoms with Crippen LogP contribution < -0.4 is 5.32 Å². The Morgan fingerprint density at radius 3 is 2.96 bits per heavy atom. The average Bonchev–Trinajstić information content (AvgIpc) is 2.83. The third kappa shape index (κ3) is 4.48. The Kier molecular flexibility index (Phi) is 6.47. The molecule has 1 heterocycles. The highest BCUT2D eigenvalue weighted by molar-refractivity contribution is 7.99. The standard InChI is InChI=1S/C17H25N3O2S/c1-4-23-10-7-12(2)18-17(22)14-5-6-16-15(11-14)19-13(3)20(16)8-9-21/h5-6,11-12,21H,4,7-10H2,1-3H3,(H,18,22)/t12-/m0/s1. The predicted molar refractivity (Wildman–Crippen MR) is 96.1 cm³/mol. The van der Waals surface area contributed by atoms with Gasteiger partial charge in [0.2, 0.25) is 0 Å². The van der Waals surface area contributed by atoms with E-state index in [1.165, 1.54) is 0 Å². The molecule has 5 nitrogen and oxygen atoms in total. The molecule has 23 heavy (non-hydrogen) atoms. The zero-order chi connectivity index (χ0) is 16.8. The van der Waals surface area contributed by atoms with Gasteiger partial charge in [0.1, 0.15) is 5.82 Å². The van der Waals surface area contributed by atoms with Crippen LogP contribution in [-0.2, 0) is 6.54 Å². The predicted octanol–water partition coefficient (Wildman–Crippen LogP) is 2.60. The fourth-order valence-electron chi connectivity index (χ4n) is 2.56. The van der Waals surface area contributed by atoms with E-state index in [1.807, 2.05) is 48.4 Å². The molecule has 0 spiro atoms. The minimum absolute atomic E-state index is 0.0599. The summed E-state index contributed by atoms with van der Waals surface area (Å²) in [5.41, 5.74) is 2.36. The van der Waals surface area contributed by atoms with Gasteiger partial charge < -0.3 is 15.0 Å². The normalized spacial score (nSPS) is 12.5. The van der Waals surface area contributed by atoms with Crippen LogP contribution in [0.4, 0.5) is 0 Å². The van der Waals surface area contributed by atoms with Crippen LogP contribution >= 0.6 is 11.8 Å². The van der Waals surface area contributed by atoms with Crippen molar-refractivity contribution in [3.8, 4) is 0 Å². The quantitative estimate of drug-likeness (QED) is 0.728. The minimum atomic E-state index is -0.0599. The van der Waals surface area contributed by atoms with Crippen LogP contribution in [0.15, 0.2) is 18.2 Å². The summed E-state index contributed by atoms with van der Waals surface area (Å²) in [4.78, 5) is 16.8. The van der Waals surface area contributed by atoms with Gasteiger partial charge in [-0.25, -0.2) is 4.98 Å². The molecule has 0 bridgehead atoms. The van der Waals surface area contributed by atoms with Crippen molar-refractivity contribution in [1.82, 2.24) is 14.9 Å². The lowest BCUT2D eigenvalue weighted by molar-refractivity contribution is 0.0939.